The van der Waals surface area contributed by atoms with Crippen LogP contribution in [0.2, 0.25) is 0 Å². The van der Waals surface area contributed by atoms with E-state index < -0.39 is 5.60 Å². The van der Waals surface area contributed by atoms with E-state index in [1.54, 1.807) is 6.26 Å². The molecule has 5 rings (SSSR count). The summed E-state index contributed by atoms with van der Waals surface area (Å²) < 4.78 is 0. The summed E-state index contributed by atoms with van der Waals surface area (Å²) in [7, 11) is 0. The first-order valence-electron chi connectivity index (χ1n) is 8.38. The van der Waals surface area contributed by atoms with E-state index in [2.05, 4.69) is 11.0 Å². The second-order valence-electron chi connectivity index (χ2n) is 6.49. The van der Waals surface area contributed by atoms with Crippen LogP contribution in [0, 0.1) is 0 Å². The highest BCUT2D eigenvalue weighted by atomic mass is 17.2. The number of hydrogen-bond donors (Lipinski definition) is 1. The molecule has 0 radical (unpaired) electrons. The van der Waals surface area contributed by atoms with Gasteiger partial charge in [-0.2, -0.15) is 0 Å². The molecular formula is C19H18N2O3. The molecule has 0 fully saturated rings. The maximum absolute atomic E-state index is 11.8. The Hall–Kier alpha value is -2.53. The van der Waals surface area contributed by atoms with Crippen LogP contribution in [-0.2, 0) is 15.4 Å². The van der Waals surface area contributed by atoms with E-state index in [1.807, 2.05) is 30.4 Å². The third-order valence-corrected chi connectivity index (χ3v) is 5.11. The molecule has 0 aromatic heterocycles. The maximum Gasteiger partial charge on any atom is 0.185 e. The molecule has 1 aromatic carbocycles. The molecule has 0 spiro atoms. The van der Waals surface area contributed by atoms with Gasteiger partial charge in [0.15, 0.2) is 11.4 Å². The normalized spacial score (nSPS) is 27.5. The zero-order valence-corrected chi connectivity index (χ0v) is 13.2. The Morgan fingerprint density at radius 2 is 2.12 bits per heavy atom. The summed E-state index contributed by atoms with van der Waals surface area (Å²) in [5.74, 6) is 1.40. The molecule has 1 aromatic rings. The van der Waals surface area contributed by atoms with E-state index in [4.69, 9.17) is 14.8 Å². The van der Waals surface area contributed by atoms with Crippen molar-refractivity contribution in [3.63, 3.8) is 0 Å². The van der Waals surface area contributed by atoms with Crippen molar-refractivity contribution in [2.45, 2.75) is 24.9 Å². The van der Waals surface area contributed by atoms with Gasteiger partial charge in [0.25, 0.3) is 0 Å². The predicted octanol–water partition coefficient (Wildman–Crippen LogP) is 2.95. The highest BCUT2D eigenvalue weighted by Gasteiger charge is 2.50. The number of nitrogens with zero attached hydrogens (tertiary/aromatic N) is 2. The van der Waals surface area contributed by atoms with E-state index in [1.165, 1.54) is 0 Å². The topological polar surface area (TPSA) is 54.3 Å². The van der Waals surface area contributed by atoms with Gasteiger partial charge < -0.3 is 10.0 Å². The first-order valence-corrected chi connectivity index (χ1v) is 8.38. The van der Waals surface area contributed by atoms with Crippen LogP contribution < -0.4 is 4.90 Å². The number of benzene rings is 1. The maximum atomic E-state index is 11.8. The van der Waals surface area contributed by atoms with Crippen molar-refractivity contribution >= 4 is 11.5 Å². The van der Waals surface area contributed by atoms with Gasteiger partial charge in [-0.05, 0) is 37.0 Å². The van der Waals surface area contributed by atoms with E-state index in [9.17, 15) is 5.11 Å². The number of hydrogen-bond acceptors (Lipinski definition) is 5. The highest BCUT2D eigenvalue weighted by Crippen LogP contribution is 2.48. The minimum absolute atomic E-state index is 0.672. The molecule has 24 heavy (non-hydrogen) atoms. The fraction of sp³-hybridized carbons (Fsp3) is 0.316. The summed E-state index contributed by atoms with van der Waals surface area (Å²) in [6.07, 6.45) is 8.32. The molecule has 5 nitrogen and oxygen atoms in total. The van der Waals surface area contributed by atoms with E-state index in [0.29, 0.717) is 12.2 Å². The van der Waals surface area contributed by atoms with Crippen LogP contribution in [0.4, 0.5) is 5.69 Å². The number of rotatable bonds is 1. The van der Waals surface area contributed by atoms with Gasteiger partial charge >= 0.3 is 0 Å². The van der Waals surface area contributed by atoms with Gasteiger partial charge in [0, 0.05) is 29.9 Å². The van der Waals surface area contributed by atoms with E-state index in [0.717, 1.165) is 54.2 Å². The zero-order valence-electron chi connectivity index (χ0n) is 13.2. The van der Waals surface area contributed by atoms with Crippen molar-refractivity contribution in [2.24, 2.45) is 4.99 Å². The lowest BCUT2D eigenvalue weighted by atomic mass is 9.83. The smallest absolute Gasteiger partial charge is 0.185 e. The van der Waals surface area contributed by atoms with Crippen LogP contribution >= 0.6 is 0 Å². The molecule has 0 amide bonds. The van der Waals surface area contributed by atoms with Crippen molar-refractivity contribution in [1.82, 2.24) is 0 Å². The van der Waals surface area contributed by atoms with Gasteiger partial charge in [-0.1, -0.05) is 24.3 Å². The largest absolute Gasteiger partial charge is 0.373 e. The SMILES string of the molecule is OC1(C2=CCC3=COOC3=C2)C2=NCCCCN2c2ccccc21. The number of aliphatic imine (C=N–C) groups is 1. The van der Waals surface area contributed by atoms with Crippen molar-refractivity contribution in [1.29, 1.82) is 0 Å². The fourth-order valence-corrected chi connectivity index (χ4v) is 3.91. The lowest BCUT2D eigenvalue weighted by Gasteiger charge is -2.29. The molecule has 5 heteroatoms. The van der Waals surface area contributed by atoms with Crippen LogP contribution in [0.25, 0.3) is 0 Å². The molecule has 3 heterocycles. The number of para-hydroxylation sites is 1. The first kappa shape index (κ1) is 13.9. The van der Waals surface area contributed by atoms with Crippen LogP contribution in [0.15, 0.2) is 64.6 Å². The summed E-state index contributed by atoms with van der Waals surface area (Å²) in [5, 5.41) is 11.8. The van der Waals surface area contributed by atoms with E-state index in [-0.39, 0.29) is 0 Å². The summed E-state index contributed by atoms with van der Waals surface area (Å²) in [6, 6.07) is 8.03. The molecule has 0 saturated heterocycles. The van der Waals surface area contributed by atoms with Crippen molar-refractivity contribution in [3.8, 4) is 0 Å². The number of fused-ring (bicyclic) bond motifs is 4. The zero-order chi connectivity index (χ0) is 16.1. The average molecular weight is 322 g/mol. The minimum Gasteiger partial charge on any atom is -0.373 e. The van der Waals surface area contributed by atoms with Crippen LogP contribution in [0.5, 0.6) is 0 Å². The lowest BCUT2D eigenvalue weighted by molar-refractivity contribution is -0.192. The van der Waals surface area contributed by atoms with Crippen LogP contribution in [0.3, 0.4) is 0 Å². The molecule has 3 aliphatic heterocycles. The van der Waals surface area contributed by atoms with Crippen LogP contribution in [0.1, 0.15) is 24.8 Å². The molecule has 1 unspecified atom stereocenters. The highest BCUT2D eigenvalue weighted by molar-refractivity contribution is 6.12. The second kappa shape index (κ2) is 4.98. The van der Waals surface area contributed by atoms with Crippen molar-refractivity contribution in [3.05, 3.63) is 65.1 Å². The Kier molecular flexibility index (Phi) is 2.88. The standard InChI is InChI=1S/C19H18N2O3/c22-19(14-8-7-13-12-23-24-17(13)11-14)15-5-1-2-6-16(15)21-10-4-3-9-20-18(19)21/h1-2,5-6,8,11-12,22H,3-4,7,9-10H2. The lowest BCUT2D eigenvalue weighted by Crippen LogP contribution is -2.42. The van der Waals surface area contributed by atoms with E-state index >= 15 is 0 Å². The Bertz CT molecular complexity index is 837. The molecule has 1 N–H and O–H groups in total. The molecular weight excluding hydrogens is 304 g/mol. The monoisotopic (exact) mass is 322 g/mol. The summed E-state index contributed by atoms with van der Waals surface area (Å²) >= 11 is 0. The summed E-state index contributed by atoms with van der Waals surface area (Å²) in [6.45, 7) is 1.63. The quantitative estimate of drug-likeness (QED) is 0.808. The summed E-state index contributed by atoms with van der Waals surface area (Å²) in [4.78, 5) is 17.1. The summed E-state index contributed by atoms with van der Waals surface area (Å²) in [5.41, 5.74) is 2.50. The minimum atomic E-state index is -1.23. The third kappa shape index (κ3) is 1.76. The fourth-order valence-electron chi connectivity index (χ4n) is 3.91. The Balaban J connectivity index is 1.69. The Labute approximate surface area is 140 Å². The average Bonchev–Trinajstić information content (AvgIpc) is 3.07. The van der Waals surface area contributed by atoms with Crippen molar-refractivity contribution < 1.29 is 14.9 Å². The number of anilines is 1. The van der Waals surface area contributed by atoms with Gasteiger partial charge in [0.05, 0.1) is 0 Å². The van der Waals surface area contributed by atoms with Gasteiger partial charge in [-0.3, -0.25) is 14.8 Å². The van der Waals surface area contributed by atoms with Gasteiger partial charge in [0.2, 0.25) is 0 Å². The van der Waals surface area contributed by atoms with Crippen molar-refractivity contribution in [2.75, 3.05) is 18.0 Å². The van der Waals surface area contributed by atoms with Gasteiger partial charge in [-0.15, -0.1) is 0 Å². The van der Waals surface area contributed by atoms with Gasteiger partial charge in [0.1, 0.15) is 12.1 Å². The first-order chi connectivity index (χ1) is 11.8. The molecule has 122 valence electrons. The number of amidine groups is 1. The van der Waals surface area contributed by atoms with Gasteiger partial charge in [-0.25, -0.2) is 0 Å². The molecule has 4 aliphatic rings. The third-order valence-electron chi connectivity index (χ3n) is 5.11. The predicted molar refractivity (Wildman–Crippen MR) is 90.3 cm³/mol. The molecule has 1 aliphatic carbocycles. The van der Waals surface area contributed by atoms with Crippen LogP contribution in [-0.4, -0.2) is 24.0 Å². The molecule has 1 atom stereocenters. The number of allylic oxidation sites excluding steroid dienone is 2. The Morgan fingerprint density at radius 1 is 1.21 bits per heavy atom. The second-order valence-corrected chi connectivity index (χ2v) is 6.49. The molecule has 0 bridgehead atoms. The number of aliphatic hydroxyl groups is 1. The molecule has 0 saturated carbocycles. The Morgan fingerprint density at radius 3 is 3.08 bits per heavy atom.